The number of aromatic nitrogens is 2. The van der Waals surface area contributed by atoms with Crippen molar-refractivity contribution in [1.82, 2.24) is 14.9 Å². The number of halogens is 1. The Labute approximate surface area is 131 Å². The highest BCUT2D eigenvalue weighted by molar-refractivity contribution is 9.10. The Morgan fingerprint density at radius 2 is 2.24 bits per heavy atom. The molecule has 1 aliphatic heterocycles. The van der Waals surface area contributed by atoms with Crippen molar-refractivity contribution in [2.45, 2.75) is 24.7 Å². The number of sulfone groups is 1. The van der Waals surface area contributed by atoms with E-state index in [2.05, 4.69) is 30.8 Å². The van der Waals surface area contributed by atoms with E-state index in [0.717, 1.165) is 34.5 Å². The Kier molecular flexibility index (Phi) is 3.85. The first-order valence-electron chi connectivity index (χ1n) is 6.43. The molecule has 0 fully saturated rings. The summed E-state index contributed by atoms with van der Waals surface area (Å²) in [7, 11) is -3.35. The monoisotopic (exact) mass is 371 g/mol. The van der Waals surface area contributed by atoms with Gasteiger partial charge in [0.15, 0.2) is 4.67 Å². The fourth-order valence-electron chi connectivity index (χ4n) is 2.33. The van der Waals surface area contributed by atoms with Crippen molar-refractivity contribution in [1.29, 1.82) is 0 Å². The molecule has 0 unspecified atom stereocenters. The van der Waals surface area contributed by atoms with Gasteiger partial charge < -0.3 is 4.42 Å². The quantitative estimate of drug-likeness (QED) is 0.765. The number of furan rings is 1. The van der Waals surface area contributed by atoms with Crippen LogP contribution in [0.1, 0.15) is 17.0 Å². The van der Waals surface area contributed by atoms with Crippen LogP contribution in [0.2, 0.25) is 0 Å². The van der Waals surface area contributed by atoms with Gasteiger partial charge in [-0.1, -0.05) is 0 Å². The molecule has 2 aromatic heterocycles. The molecule has 0 amide bonds. The summed E-state index contributed by atoms with van der Waals surface area (Å²) in [5.41, 5.74) is 1.79. The minimum Gasteiger partial charge on any atom is -0.453 e. The van der Waals surface area contributed by atoms with Crippen molar-refractivity contribution in [3.63, 3.8) is 0 Å². The van der Waals surface area contributed by atoms with E-state index in [9.17, 15) is 8.42 Å². The van der Waals surface area contributed by atoms with E-state index in [0.29, 0.717) is 19.5 Å². The Morgan fingerprint density at radius 1 is 1.43 bits per heavy atom. The van der Waals surface area contributed by atoms with E-state index in [1.54, 1.807) is 6.20 Å². The summed E-state index contributed by atoms with van der Waals surface area (Å²) in [6, 6.07) is 3.80. The number of rotatable bonds is 3. The number of nitrogens with zero attached hydrogens (tertiary/aromatic N) is 3. The molecule has 0 radical (unpaired) electrons. The summed E-state index contributed by atoms with van der Waals surface area (Å²) in [6.45, 7) is 2.21. The molecule has 3 rings (SSSR count). The largest absolute Gasteiger partial charge is 0.453 e. The first-order chi connectivity index (χ1) is 9.91. The maximum atomic E-state index is 11.5. The highest BCUT2D eigenvalue weighted by Crippen LogP contribution is 2.21. The average molecular weight is 372 g/mol. The van der Waals surface area contributed by atoms with Gasteiger partial charge in [-0.05, 0) is 28.1 Å². The van der Waals surface area contributed by atoms with E-state index in [1.165, 1.54) is 0 Å². The van der Waals surface area contributed by atoms with Crippen LogP contribution in [-0.4, -0.2) is 36.1 Å². The number of fused-ring (bicyclic) bond motifs is 1. The van der Waals surface area contributed by atoms with Crippen LogP contribution in [0.3, 0.4) is 0 Å². The fourth-order valence-corrected chi connectivity index (χ4v) is 3.19. The topological polar surface area (TPSA) is 76.3 Å². The summed E-state index contributed by atoms with van der Waals surface area (Å²) in [5, 5.41) is -0.0929. The molecule has 0 atom stereocenters. The normalized spacial score (nSPS) is 15.9. The van der Waals surface area contributed by atoms with Gasteiger partial charge in [-0.15, -0.1) is 0 Å². The van der Waals surface area contributed by atoms with Gasteiger partial charge in [0, 0.05) is 37.5 Å². The molecule has 112 valence electrons. The van der Waals surface area contributed by atoms with Crippen LogP contribution >= 0.6 is 15.9 Å². The van der Waals surface area contributed by atoms with Crippen LogP contribution in [0, 0.1) is 0 Å². The molecule has 0 spiro atoms. The third-order valence-electron chi connectivity index (χ3n) is 3.33. The van der Waals surface area contributed by atoms with E-state index in [4.69, 9.17) is 4.42 Å². The maximum absolute atomic E-state index is 11.5. The second-order valence-corrected chi connectivity index (χ2v) is 7.75. The van der Waals surface area contributed by atoms with Crippen molar-refractivity contribution in [3.05, 3.63) is 40.0 Å². The average Bonchev–Trinajstić information content (AvgIpc) is 2.82. The molecular formula is C13H14BrN3O3S. The highest BCUT2D eigenvalue weighted by Gasteiger charge is 2.21. The van der Waals surface area contributed by atoms with Crippen molar-refractivity contribution in [2.24, 2.45) is 0 Å². The van der Waals surface area contributed by atoms with Gasteiger partial charge in [0.05, 0.1) is 12.2 Å². The number of hydrogen-bond acceptors (Lipinski definition) is 6. The molecule has 0 saturated heterocycles. The number of hydrogen-bond donors (Lipinski definition) is 0. The summed E-state index contributed by atoms with van der Waals surface area (Å²) < 4.78 is 29.2. The lowest BCUT2D eigenvalue weighted by molar-refractivity contribution is 0.221. The zero-order valence-corrected chi connectivity index (χ0v) is 13.8. The Bertz CT molecular complexity index is 773. The first kappa shape index (κ1) is 14.7. The van der Waals surface area contributed by atoms with Gasteiger partial charge in [-0.2, -0.15) is 0 Å². The van der Waals surface area contributed by atoms with Gasteiger partial charge in [-0.25, -0.2) is 18.4 Å². The molecular weight excluding hydrogens is 358 g/mol. The van der Waals surface area contributed by atoms with Gasteiger partial charge >= 0.3 is 0 Å². The van der Waals surface area contributed by atoms with Gasteiger partial charge in [0.2, 0.25) is 15.0 Å². The van der Waals surface area contributed by atoms with Crippen molar-refractivity contribution >= 4 is 25.8 Å². The van der Waals surface area contributed by atoms with Gasteiger partial charge in [0.1, 0.15) is 5.76 Å². The predicted molar refractivity (Wildman–Crippen MR) is 79.4 cm³/mol. The van der Waals surface area contributed by atoms with E-state index >= 15 is 0 Å². The lowest BCUT2D eigenvalue weighted by Crippen LogP contribution is -2.31. The van der Waals surface area contributed by atoms with Crippen LogP contribution in [0.5, 0.6) is 0 Å². The van der Waals surface area contributed by atoms with Crippen LogP contribution in [-0.2, 0) is 29.3 Å². The molecule has 0 bridgehead atoms. The lowest BCUT2D eigenvalue weighted by Gasteiger charge is -2.27. The molecule has 0 aliphatic carbocycles. The van der Waals surface area contributed by atoms with E-state index < -0.39 is 9.84 Å². The van der Waals surface area contributed by atoms with Crippen LogP contribution in [0.15, 0.2) is 32.6 Å². The van der Waals surface area contributed by atoms with Crippen molar-refractivity contribution in [2.75, 3.05) is 12.8 Å². The highest BCUT2D eigenvalue weighted by atomic mass is 79.9. The fraction of sp³-hybridized carbons (Fsp3) is 0.385. The summed E-state index contributed by atoms with van der Waals surface area (Å²) in [5.74, 6) is 0.888. The smallest absolute Gasteiger partial charge is 0.246 e. The molecule has 1 aliphatic rings. The van der Waals surface area contributed by atoms with Crippen molar-refractivity contribution in [3.8, 4) is 0 Å². The molecule has 0 saturated carbocycles. The SMILES string of the molecule is CS(=O)(=O)c1ncc2c(n1)CCN(Cc1ccc(Br)o1)C2. The second kappa shape index (κ2) is 5.51. The maximum Gasteiger partial charge on any atom is 0.246 e. The second-order valence-electron chi connectivity index (χ2n) is 5.06. The molecule has 6 nitrogen and oxygen atoms in total. The standard InChI is InChI=1S/C13H14BrN3O3S/c1-21(18,19)13-15-6-9-7-17(5-4-11(9)16-13)8-10-2-3-12(14)20-10/h2-3,6H,4-5,7-8H2,1H3. The van der Waals surface area contributed by atoms with Gasteiger partial charge in [0.25, 0.3) is 0 Å². The summed E-state index contributed by atoms with van der Waals surface area (Å²) >= 11 is 3.29. The van der Waals surface area contributed by atoms with Crippen molar-refractivity contribution < 1.29 is 12.8 Å². The Morgan fingerprint density at radius 3 is 2.90 bits per heavy atom. The molecule has 0 N–H and O–H groups in total. The summed E-state index contributed by atoms with van der Waals surface area (Å²) in [4.78, 5) is 10.3. The first-order valence-corrected chi connectivity index (χ1v) is 9.12. The third kappa shape index (κ3) is 3.33. The minimum absolute atomic E-state index is 0.0929. The Hall–Kier alpha value is -1.25. The molecule has 8 heteroatoms. The predicted octanol–water partition coefficient (Wildman–Crippen LogP) is 1.79. The minimum atomic E-state index is -3.35. The molecule has 0 aromatic carbocycles. The third-order valence-corrected chi connectivity index (χ3v) is 4.62. The van der Waals surface area contributed by atoms with Crippen LogP contribution in [0.25, 0.3) is 0 Å². The molecule has 21 heavy (non-hydrogen) atoms. The zero-order chi connectivity index (χ0) is 15.0. The van der Waals surface area contributed by atoms with E-state index in [-0.39, 0.29) is 5.16 Å². The van der Waals surface area contributed by atoms with Crippen LogP contribution < -0.4 is 0 Å². The lowest BCUT2D eigenvalue weighted by atomic mass is 10.1. The Balaban J connectivity index is 1.77. The van der Waals surface area contributed by atoms with E-state index in [1.807, 2.05) is 12.1 Å². The molecule has 3 heterocycles. The molecule has 2 aromatic rings. The van der Waals surface area contributed by atoms with Gasteiger partial charge in [-0.3, -0.25) is 4.90 Å². The zero-order valence-electron chi connectivity index (χ0n) is 11.4. The summed E-state index contributed by atoms with van der Waals surface area (Å²) in [6.07, 6.45) is 3.45. The van der Waals surface area contributed by atoms with Crippen LogP contribution in [0.4, 0.5) is 0 Å².